The van der Waals surface area contributed by atoms with Gasteiger partial charge in [0.15, 0.2) is 0 Å². The van der Waals surface area contributed by atoms with E-state index in [1.807, 2.05) is 0 Å². The van der Waals surface area contributed by atoms with Crippen LogP contribution in [0.1, 0.15) is 46.0 Å². The lowest BCUT2D eigenvalue weighted by atomic mass is 9.78. The first-order valence-corrected chi connectivity index (χ1v) is 5.42. The molecule has 0 bridgehead atoms. The van der Waals surface area contributed by atoms with Gasteiger partial charge in [-0.15, -0.1) is 6.58 Å². The van der Waals surface area contributed by atoms with Crippen molar-refractivity contribution in [1.82, 2.24) is 0 Å². The highest BCUT2D eigenvalue weighted by Gasteiger charge is 2.26. The van der Waals surface area contributed by atoms with Crippen LogP contribution in [0, 0.1) is 11.8 Å². The number of aliphatic hydroxyl groups is 1. The lowest BCUT2D eigenvalue weighted by Gasteiger charge is -2.31. The Morgan fingerprint density at radius 2 is 2.15 bits per heavy atom. The van der Waals surface area contributed by atoms with Crippen LogP contribution in [0.3, 0.4) is 0 Å². The minimum Gasteiger partial charge on any atom is -0.393 e. The molecule has 0 saturated heterocycles. The van der Waals surface area contributed by atoms with Crippen molar-refractivity contribution in [2.24, 2.45) is 11.8 Å². The summed E-state index contributed by atoms with van der Waals surface area (Å²) in [5.41, 5.74) is 1.24. The molecule has 1 rings (SSSR count). The Hall–Kier alpha value is -0.300. The van der Waals surface area contributed by atoms with Gasteiger partial charge >= 0.3 is 0 Å². The van der Waals surface area contributed by atoms with E-state index in [1.54, 1.807) is 0 Å². The Bertz CT molecular complexity index is 174. The molecule has 1 fully saturated rings. The lowest BCUT2D eigenvalue weighted by molar-refractivity contribution is 0.0476. The van der Waals surface area contributed by atoms with Crippen LogP contribution in [-0.2, 0) is 0 Å². The van der Waals surface area contributed by atoms with Crippen LogP contribution in [0.4, 0.5) is 0 Å². The Morgan fingerprint density at radius 1 is 1.46 bits per heavy atom. The Kier molecular flexibility index (Phi) is 3.98. The van der Waals surface area contributed by atoms with E-state index in [0.29, 0.717) is 5.92 Å². The van der Waals surface area contributed by atoms with Gasteiger partial charge in [0.2, 0.25) is 0 Å². The third kappa shape index (κ3) is 3.51. The first kappa shape index (κ1) is 10.8. The molecule has 1 aliphatic rings. The zero-order valence-electron chi connectivity index (χ0n) is 8.92. The average Bonchev–Trinajstić information content (AvgIpc) is 2.06. The third-order valence-corrected chi connectivity index (χ3v) is 3.15. The molecule has 0 aromatic heterocycles. The molecule has 76 valence electrons. The van der Waals surface area contributed by atoms with Crippen molar-refractivity contribution in [3.05, 3.63) is 12.2 Å². The molecule has 0 aromatic rings. The average molecular weight is 182 g/mol. The number of hydrogen-bond acceptors (Lipinski definition) is 1. The van der Waals surface area contributed by atoms with Gasteiger partial charge < -0.3 is 5.11 Å². The number of rotatable bonds is 3. The van der Waals surface area contributed by atoms with Gasteiger partial charge in [-0.3, -0.25) is 0 Å². The fourth-order valence-electron chi connectivity index (χ4n) is 2.22. The van der Waals surface area contributed by atoms with Gasteiger partial charge in [-0.1, -0.05) is 12.5 Å². The summed E-state index contributed by atoms with van der Waals surface area (Å²) in [6.07, 6.45) is 5.56. The third-order valence-electron chi connectivity index (χ3n) is 3.15. The summed E-state index contributed by atoms with van der Waals surface area (Å²) < 4.78 is 0. The van der Waals surface area contributed by atoms with Gasteiger partial charge in [0, 0.05) is 0 Å². The van der Waals surface area contributed by atoms with E-state index in [0.717, 1.165) is 25.2 Å². The molecule has 13 heavy (non-hydrogen) atoms. The summed E-state index contributed by atoms with van der Waals surface area (Å²) in [6.45, 7) is 8.26. The molecule has 1 nitrogen and oxygen atoms in total. The lowest BCUT2D eigenvalue weighted by Crippen LogP contribution is -2.28. The van der Waals surface area contributed by atoms with Gasteiger partial charge in [-0.25, -0.2) is 0 Å². The minimum absolute atomic E-state index is 0.0458. The molecule has 1 N–H and O–H groups in total. The number of allylic oxidation sites excluding steroid dienone is 1. The van der Waals surface area contributed by atoms with Crippen molar-refractivity contribution in [3.8, 4) is 0 Å². The molecule has 0 aromatic carbocycles. The second-order valence-corrected chi connectivity index (χ2v) is 4.74. The first-order valence-electron chi connectivity index (χ1n) is 5.42. The molecule has 0 aliphatic heterocycles. The Labute approximate surface area is 81.9 Å². The fraction of sp³-hybridized carbons (Fsp3) is 0.833. The van der Waals surface area contributed by atoms with Crippen molar-refractivity contribution in [2.75, 3.05) is 0 Å². The molecule has 3 atom stereocenters. The zero-order valence-corrected chi connectivity index (χ0v) is 8.92. The van der Waals surface area contributed by atoms with Gasteiger partial charge in [0.25, 0.3) is 0 Å². The summed E-state index contributed by atoms with van der Waals surface area (Å²) in [4.78, 5) is 0. The van der Waals surface area contributed by atoms with Crippen molar-refractivity contribution in [2.45, 2.75) is 52.1 Å². The number of hydrogen-bond donors (Lipinski definition) is 1. The van der Waals surface area contributed by atoms with Gasteiger partial charge in [0.05, 0.1) is 6.10 Å². The van der Waals surface area contributed by atoms with Gasteiger partial charge in [-0.2, -0.15) is 0 Å². The maximum atomic E-state index is 9.77. The molecule has 0 spiro atoms. The van der Waals surface area contributed by atoms with Crippen molar-refractivity contribution in [1.29, 1.82) is 0 Å². The molecule has 1 saturated carbocycles. The molecule has 0 radical (unpaired) electrons. The largest absolute Gasteiger partial charge is 0.393 e. The van der Waals surface area contributed by atoms with Gasteiger partial charge in [0.1, 0.15) is 0 Å². The molecule has 1 heteroatoms. The standard InChI is InChI=1S/C12H22O/c1-9(2)4-6-11-8-10(3)5-7-12(11)13/h10-13H,1,4-8H2,2-3H3. The summed E-state index contributed by atoms with van der Waals surface area (Å²) in [5.74, 6) is 1.33. The summed E-state index contributed by atoms with van der Waals surface area (Å²) in [6, 6.07) is 0. The van der Waals surface area contributed by atoms with Crippen LogP contribution < -0.4 is 0 Å². The van der Waals surface area contributed by atoms with E-state index in [1.165, 1.54) is 18.4 Å². The quantitative estimate of drug-likeness (QED) is 0.665. The van der Waals surface area contributed by atoms with Crippen LogP contribution in [0.2, 0.25) is 0 Å². The summed E-state index contributed by atoms with van der Waals surface area (Å²) in [7, 11) is 0. The smallest absolute Gasteiger partial charge is 0.0568 e. The van der Waals surface area contributed by atoms with Crippen LogP contribution in [0.5, 0.6) is 0 Å². The Morgan fingerprint density at radius 3 is 2.77 bits per heavy atom. The van der Waals surface area contributed by atoms with E-state index in [-0.39, 0.29) is 6.10 Å². The van der Waals surface area contributed by atoms with E-state index < -0.39 is 0 Å². The molecule has 0 heterocycles. The summed E-state index contributed by atoms with van der Waals surface area (Å²) in [5, 5.41) is 9.77. The predicted octanol–water partition coefficient (Wildman–Crippen LogP) is 3.14. The molecular formula is C12H22O. The normalized spacial score (nSPS) is 34.5. The Balaban J connectivity index is 2.33. The second kappa shape index (κ2) is 4.80. The molecule has 0 amide bonds. The van der Waals surface area contributed by atoms with Crippen LogP contribution in [0.25, 0.3) is 0 Å². The van der Waals surface area contributed by atoms with Crippen LogP contribution in [-0.4, -0.2) is 11.2 Å². The first-order chi connectivity index (χ1) is 6.09. The SMILES string of the molecule is C=C(C)CCC1CC(C)CCC1O. The van der Waals surface area contributed by atoms with Crippen molar-refractivity contribution >= 4 is 0 Å². The highest BCUT2D eigenvalue weighted by molar-refractivity contribution is 4.90. The molecule has 1 aliphatic carbocycles. The molecular weight excluding hydrogens is 160 g/mol. The van der Waals surface area contributed by atoms with Crippen LogP contribution in [0.15, 0.2) is 12.2 Å². The maximum Gasteiger partial charge on any atom is 0.0568 e. The highest BCUT2D eigenvalue weighted by atomic mass is 16.3. The van der Waals surface area contributed by atoms with Crippen molar-refractivity contribution < 1.29 is 5.11 Å². The predicted molar refractivity (Wildman–Crippen MR) is 56.6 cm³/mol. The molecule has 3 unspecified atom stereocenters. The monoisotopic (exact) mass is 182 g/mol. The zero-order chi connectivity index (χ0) is 9.84. The van der Waals surface area contributed by atoms with Crippen LogP contribution >= 0.6 is 0 Å². The topological polar surface area (TPSA) is 20.2 Å². The van der Waals surface area contributed by atoms with E-state index in [2.05, 4.69) is 20.4 Å². The van der Waals surface area contributed by atoms with Gasteiger partial charge in [-0.05, 0) is 50.9 Å². The number of aliphatic hydroxyl groups excluding tert-OH is 1. The second-order valence-electron chi connectivity index (χ2n) is 4.74. The van der Waals surface area contributed by atoms with Crippen molar-refractivity contribution in [3.63, 3.8) is 0 Å². The maximum absolute atomic E-state index is 9.77. The highest BCUT2D eigenvalue weighted by Crippen LogP contribution is 2.32. The fourth-order valence-corrected chi connectivity index (χ4v) is 2.22. The van der Waals surface area contributed by atoms with E-state index >= 15 is 0 Å². The minimum atomic E-state index is -0.0458. The summed E-state index contributed by atoms with van der Waals surface area (Å²) >= 11 is 0. The van der Waals surface area contributed by atoms with E-state index in [9.17, 15) is 5.11 Å². The van der Waals surface area contributed by atoms with E-state index in [4.69, 9.17) is 0 Å².